The zero-order valence-corrected chi connectivity index (χ0v) is 12.8. The van der Waals surface area contributed by atoms with E-state index in [1.165, 1.54) is 23.5 Å². The highest BCUT2D eigenvalue weighted by Gasteiger charge is 2.16. The van der Waals surface area contributed by atoms with E-state index in [1.54, 1.807) is 24.3 Å². The number of thiazole rings is 1. The number of aromatic nitrogens is 1. The van der Waals surface area contributed by atoms with Crippen LogP contribution in [0.1, 0.15) is 21.1 Å². The van der Waals surface area contributed by atoms with Gasteiger partial charge in [-0.05, 0) is 38.1 Å². The first kappa shape index (κ1) is 14.5. The van der Waals surface area contributed by atoms with Crippen LogP contribution in [0.5, 0.6) is 0 Å². The molecule has 2 heterocycles. The van der Waals surface area contributed by atoms with Crippen molar-refractivity contribution in [1.82, 2.24) is 4.98 Å². The van der Waals surface area contributed by atoms with E-state index in [2.05, 4.69) is 10.3 Å². The number of furan rings is 1. The molecule has 0 saturated carbocycles. The molecule has 3 aromatic rings. The van der Waals surface area contributed by atoms with Gasteiger partial charge in [0.1, 0.15) is 11.6 Å². The molecule has 2 aromatic heterocycles. The van der Waals surface area contributed by atoms with Gasteiger partial charge in [-0.15, -0.1) is 11.3 Å². The molecule has 1 N–H and O–H groups in total. The summed E-state index contributed by atoms with van der Waals surface area (Å²) in [6.45, 7) is 3.82. The minimum Gasteiger partial charge on any atom is -0.451 e. The van der Waals surface area contributed by atoms with Crippen molar-refractivity contribution in [2.45, 2.75) is 13.8 Å². The fourth-order valence-electron chi connectivity index (χ4n) is 1.95. The van der Waals surface area contributed by atoms with E-state index in [4.69, 9.17) is 4.42 Å². The van der Waals surface area contributed by atoms with E-state index in [1.807, 2.05) is 13.8 Å². The molecule has 0 atom stereocenters. The smallest absolute Gasteiger partial charge is 0.293 e. The van der Waals surface area contributed by atoms with Crippen molar-refractivity contribution in [3.05, 3.63) is 58.5 Å². The summed E-state index contributed by atoms with van der Waals surface area (Å²) in [4.78, 5) is 17.4. The van der Waals surface area contributed by atoms with Crippen molar-refractivity contribution in [2.24, 2.45) is 0 Å². The predicted molar refractivity (Wildman–Crippen MR) is 83.6 cm³/mol. The Bertz CT molecular complexity index is 819. The van der Waals surface area contributed by atoms with E-state index in [9.17, 15) is 9.18 Å². The molecule has 0 radical (unpaired) electrons. The predicted octanol–water partition coefficient (Wildman–Crippen LogP) is 4.41. The number of nitrogens with zero attached hydrogens (tertiary/aromatic N) is 1. The minimum absolute atomic E-state index is 0.115. The maximum absolute atomic E-state index is 13.7. The summed E-state index contributed by atoms with van der Waals surface area (Å²) in [7, 11) is 0. The maximum atomic E-state index is 13.7. The molecule has 0 aliphatic heterocycles. The summed E-state index contributed by atoms with van der Waals surface area (Å²) in [6, 6.07) is 9.35. The number of carbonyl (C=O) groups is 1. The summed E-state index contributed by atoms with van der Waals surface area (Å²) in [5.41, 5.74) is 1.20. The highest BCUT2D eigenvalue weighted by atomic mass is 32.1. The number of rotatable bonds is 3. The van der Waals surface area contributed by atoms with Crippen LogP contribution in [-0.4, -0.2) is 10.9 Å². The van der Waals surface area contributed by atoms with Gasteiger partial charge in [-0.2, -0.15) is 0 Å². The molecule has 0 aliphatic rings. The molecule has 6 heteroatoms. The summed E-state index contributed by atoms with van der Waals surface area (Å²) in [6.07, 6.45) is 0. The number of hydrogen-bond acceptors (Lipinski definition) is 4. The van der Waals surface area contributed by atoms with Crippen molar-refractivity contribution in [2.75, 3.05) is 5.32 Å². The number of halogens is 1. The molecule has 0 bridgehead atoms. The second kappa shape index (κ2) is 5.73. The first-order chi connectivity index (χ1) is 10.5. The van der Waals surface area contributed by atoms with Gasteiger partial charge in [-0.3, -0.25) is 10.1 Å². The van der Waals surface area contributed by atoms with Crippen LogP contribution in [0.2, 0.25) is 0 Å². The summed E-state index contributed by atoms with van der Waals surface area (Å²) >= 11 is 1.40. The summed E-state index contributed by atoms with van der Waals surface area (Å²) < 4.78 is 19.2. The molecule has 0 saturated heterocycles. The maximum Gasteiger partial charge on any atom is 0.293 e. The Balaban J connectivity index is 1.81. The summed E-state index contributed by atoms with van der Waals surface area (Å²) in [5, 5.41) is 3.20. The Morgan fingerprint density at radius 3 is 2.68 bits per heavy atom. The quantitative estimate of drug-likeness (QED) is 0.778. The molecule has 4 nitrogen and oxygen atoms in total. The standard InChI is InChI=1S/C16H13FN2O2S/c1-9-10(2)22-16(18-9)19-15(20)14-8-7-13(21-14)11-5-3-4-6-12(11)17/h3-8H,1-2H3,(H,18,19,20). The fraction of sp³-hybridized carbons (Fsp3) is 0.125. The van der Waals surface area contributed by atoms with Gasteiger partial charge < -0.3 is 4.42 Å². The first-order valence-electron chi connectivity index (χ1n) is 6.64. The van der Waals surface area contributed by atoms with Crippen molar-refractivity contribution >= 4 is 22.4 Å². The third kappa shape index (κ3) is 2.78. The number of aryl methyl sites for hydroxylation is 2. The number of amides is 1. The Morgan fingerprint density at radius 2 is 2.00 bits per heavy atom. The summed E-state index contributed by atoms with van der Waals surface area (Å²) in [5.74, 6) is -0.371. The van der Waals surface area contributed by atoms with E-state index in [-0.39, 0.29) is 5.76 Å². The average Bonchev–Trinajstić information content (AvgIpc) is 3.07. The monoisotopic (exact) mass is 316 g/mol. The Labute approximate surface area is 130 Å². The van der Waals surface area contributed by atoms with Crippen LogP contribution in [0.25, 0.3) is 11.3 Å². The fourth-order valence-corrected chi connectivity index (χ4v) is 2.76. The molecule has 0 spiro atoms. The molecule has 112 valence electrons. The Hall–Kier alpha value is -2.47. The first-order valence-corrected chi connectivity index (χ1v) is 7.46. The lowest BCUT2D eigenvalue weighted by molar-refractivity contribution is 0.0997. The minimum atomic E-state index is -0.406. The number of carbonyl (C=O) groups excluding carboxylic acids is 1. The topological polar surface area (TPSA) is 55.1 Å². The van der Waals surface area contributed by atoms with E-state index in [0.717, 1.165) is 10.6 Å². The lowest BCUT2D eigenvalue weighted by atomic mass is 10.1. The van der Waals surface area contributed by atoms with E-state index < -0.39 is 11.7 Å². The van der Waals surface area contributed by atoms with Gasteiger partial charge in [-0.1, -0.05) is 12.1 Å². The Morgan fingerprint density at radius 1 is 1.23 bits per heavy atom. The zero-order valence-electron chi connectivity index (χ0n) is 12.0. The molecular weight excluding hydrogens is 303 g/mol. The van der Waals surface area contributed by atoms with Gasteiger partial charge in [0.2, 0.25) is 0 Å². The third-order valence-electron chi connectivity index (χ3n) is 3.22. The highest BCUT2D eigenvalue weighted by molar-refractivity contribution is 7.15. The van der Waals surface area contributed by atoms with Gasteiger partial charge in [0.05, 0.1) is 11.3 Å². The molecule has 0 fully saturated rings. The molecule has 0 unspecified atom stereocenters. The lowest BCUT2D eigenvalue weighted by Gasteiger charge is -2.00. The number of hydrogen-bond donors (Lipinski definition) is 1. The van der Waals surface area contributed by atoms with Crippen LogP contribution in [0.3, 0.4) is 0 Å². The normalized spacial score (nSPS) is 10.7. The highest BCUT2D eigenvalue weighted by Crippen LogP contribution is 2.26. The number of anilines is 1. The molecular formula is C16H13FN2O2S. The van der Waals surface area contributed by atoms with Crippen LogP contribution in [0.4, 0.5) is 9.52 Å². The van der Waals surface area contributed by atoms with Crippen molar-refractivity contribution in [3.63, 3.8) is 0 Å². The SMILES string of the molecule is Cc1nc(NC(=O)c2ccc(-c3ccccc3F)o2)sc1C. The van der Waals surface area contributed by atoms with Crippen molar-refractivity contribution in [3.8, 4) is 11.3 Å². The Kier molecular flexibility index (Phi) is 3.77. The molecule has 1 amide bonds. The van der Waals surface area contributed by atoms with Gasteiger partial charge in [0, 0.05) is 4.88 Å². The van der Waals surface area contributed by atoms with Crippen LogP contribution < -0.4 is 5.32 Å². The second-order valence-corrected chi connectivity index (χ2v) is 5.96. The van der Waals surface area contributed by atoms with Crippen LogP contribution in [0.15, 0.2) is 40.8 Å². The van der Waals surface area contributed by atoms with E-state index in [0.29, 0.717) is 16.5 Å². The number of benzene rings is 1. The van der Waals surface area contributed by atoms with Gasteiger partial charge in [-0.25, -0.2) is 9.37 Å². The molecule has 22 heavy (non-hydrogen) atoms. The molecule has 0 aliphatic carbocycles. The average molecular weight is 316 g/mol. The van der Waals surface area contributed by atoms with Crippen molar-refractivity contribution < 1.29 is 13.6 Å². The molecule has 1 aromatic carbocycles. The number of nitrogens with one attached hydrogen (secondary N) is 1. The van der Waals surface area contributed by atoms with Crippen LogP contribution >= 0.6 is 11.3 Å². The molecule has 3 rings (SSSR count). The van der Waals surface area contributed by atoms with Gasteiger partial charge in [0.25, 0.3) is 5.91 Å². The van der Waals surface area contributed by atoms with Crippen LogP contribution in [-0.2, 0) is 0 Å². The van der Waals surface area contributed by atoms with E-state index >= 15 is 0 Å². The van der Waals surface area contributed by atoms with Crippen molar-refractivity contribution in [1.29, 1.82) is 0 Å². The van der Waals surface area contributed by atoms with Crippen LogP contribution in [0, 0.1) is 19.7 Å². The second-order valence-electron chi connectivity index (χ2n) is 4.76. The largest absolute Gasteiger partial charge is 0.451 e. The zero-order chi connectivity index (χ0) is 15.7. The third-order valence-corrected chi connectivity index (χ3v) is 4.21. The van der Waals surface area contributed by atoms with Gasteiger partial charge >= 0.3 is 0 Å². The lowest BCUT2D eigenvalue weighted by Crippen LogP contribution is -2.10. The van der Waals surface area contributed by atoms with Gasteiger partial charge in [0.15, 0.2) is 10.9 Å².